The number of imidazole rings is 1. The van der Waals surface area contributed by atoms with Gasteiger partial charge in [-0.1, -0.05) is 349 Å². The van der Waals surface area contributed by atoms with Crippen molar-refractivity contribution in [2.24, 2.45) is 0 Å². The molecule has 0 fully saturated rings. The predicted molar refractivity (Wildman–Crippen MR) is 578 cm³/mol. The Balaban J connectivity index is 0.000000136. The van der Waals surface area contributed by atoms with Crippen LogP contribution in [0.1, 0.15) is 50.7 Å². The van der Waals surface area contributed by atoms with E-state index >= 15 is 0 Å². The van der Waals surface area contributed by atoms with Crippen LogP contribution in [0.3, 0.4) is 0 Å². The third kappa shape index (κ3) is 17.6. The first-order valence-electron chi connectivity index (χ1n) is 46.8. The summed E-state index contributed by atoms with van der Waals surface area (Å²) in [5.74, 6) is 1.71. The Morgan fingerprint density at radius 3 is 0.920 bits per heavy atom. The first-order chi connectivity index (χ1) is 67.1. The van der Waals surface area contributed by atoms with E-state index < -0.39 is 0 Å². The topological polar surface area (TPSA) is 34.2 Å². The van der Waals surface area contributed by atoms with Crippen molar-refractivity contribution in [2.45, 2.75) is 39.5 Å². The average molecular weight is 1960 g/mol. The number of hydrogen-bond donors (Lipinski definition) is 0. The van der Waals surface area contributed by atoms with Crippen LogP contribution in [-0.4, -0.2) is 18.7 Å². The molecule has 0 spiro atoms. The van der Waals surface area contributed by atoms with Gasteiger partial charge in [0.25, 0.3) is 0 Å². The molecule has 0 saturated carbocycles. The zero-order valence-corrected chi connectivity index (χ0v) is 79.7. The van der Waals surface area contributed by atoms with E-state index in [-0.39, 0.29) is 20.1 Å². The van der Waals surface area contributed by atoms with Crippen LogP contribution in [0.2, 0.25) is 0 Å². The molecule has 4 aromatic heterocycles. The molecule has 0 N–H and O–H groups in total. The van der Waals surface area contributed by atoms with E-state index in [1.807, 2.05) is 35.7 Å². The molecule has 24 aromatic rings. The molecule has 0 amide bonds. The molecule has 0 saturated heterocycles. The van der Waals surface area contributed by atoms with Crippen molar-refractivity contribution in [3.05, 3.63) is 521 Å². The summed E-state index contributed by atoms with van der Waals surface area (Å²) in [5, 5.41) is 7.76. The summed E-state index contributed by atoms with van der Waals surface area (Å²) in [5.41, 5.74) is 35.5. The van der Waals surface area contributed by atoms with Crippen LogP contribution < -0.4 is 9.80 Å². The van der Waals surface area contributed by atoms with Crippen molar-refractivity contribution in [2.75, 3.05) is 9.80 Å². The molecule has 1 radical (unpaired) electrons. The number of nitrogens with zero attached hydrogens (tertiary/aromatic N) is 6. The van der Waals surface area contributed by atoms with Crippen LogP contribution in [0.5, 0.6) is 0 Å². The molecule has 0 aliphatic rings. The van der Waals surface area contributed by atoms with E-state index in [0.717, 1.165) is 67.8 Å². The number of thiophene rings is 1. The Hall–Kier alpha value is -16.3. The van der Waals surface area contributed by atoms with E-state index in [9.17, 15) is 0 Å². The van der Waals surface area contributed by atoms with Crippen molar-refractivity contribution in [3.8, 4) is 106 Å². The van der Waals surface area contributed by atoms with Crippen LogP contribution >= 0.6 is 11.3 Å². The van der Waals surface area contributed by atoms with Gasteiger partial charge in [0.05, 0.1) is 33.6 Å². The second-order valence-electron chi connectivity index (χ2n) is 35.2. The molecule has 6 nitrogen and oxygen atoms in total. The molecule has 0 aliphatic heterocycles. The van der Waals surface area contributed by atoms with Crippen molar-refractivity contribution in [3.63, 3.8) is 0 Å². The van der Waals surface area contributed by atoms with Gasteiger partial charge in [0, 0.05) is 125 Å². The monoisotopic (exact) mass is 1950 g/mol. The average Bonchev–Trinajstić information content (AvgIpc) is 1.31. The fourth-order valence-corrected chi connectivity index (χ4v) is 20.5. The molecule has 0 aliphatic carbocycles. The maximum atomic E-state index is 4.68. The summed E-state index contributed by atoms with van der Waals surface area (Å²) in [6, 6.07) is 180. The Morgan fingerprint density at radius 2 is 0.569 bits per heavy atom. The molecule has 20 aromatic carbocycles. The summed E-state index contributed by atoms with van der Waals surface area (Å²) in [7, 11) is 0. The SMILES string of the molecule is CC(C)c1cc(-c2ccccc2)cc(C(C)C)c1-n1ccnc1-c1[c-]cccc1.[Ir].c1ccc(-c2ccc(N(c3ccc(-c4ccccc4)cc3)c3ccc(-c4ccc(N(c5ccc(-c6ccccc6)cc5)c5ccc(-c6ccccc6)cc5-c5ccccc5)cc4)cc3)cc2)cc1.c1ccc2c(c1)c1ccccc1n2-c1ccc2sc3ccc(-n4c5ccccc5c5ccccc54)cc3c2c1. The van der Waals surface area contributed by atoms with E-state index in [1.54, 1.807) is 0 Å². The minimum absolute atomic E-state index is 0. The molecule has 0 unspecified atom stereocenters. The fourth-order valence-electron chi connectivity index (χ4n) is 19.5. The van der Waals surface area contributed by atoms with Crippen LogP contribution in [0, 0.1) is 6.07 Å². The molecule has 137 heavy (non-hydrogen) atoms. The van der Waals surface area contributed by atoms with E-state index in [2.05, 4.69) is 542 Å². The summed E-state index contributed by atoms with van der Waals surface area (Å²) < 4.78 is 9.68. The van der Waals surface area contributed by atoms with E-state index in [0.29, 0.717) is 11.8 Å². The molecular formula is C129H97IrN6S-. The summed E-state index contributed by atoms with van der Waals surface area (Å²) >= 11 is 1.87. The Bertz CT molecular complexity index is 7940. The second-order valence-corrected chi connectivity index (χ2v) is 36.3. The molecular weight excluding hydrogens is 1860 g/mol. The van der Waals surface area contributed by atoms with Crippen molar-refractivity contribution in [1.29, 1.82) is 0 Å². The van der Waals surface area contributed by atoms with Gasteiger partial charge in [0.2, 0.25) is 0 Å². The summed E-state index contributed by atoms with van der Waals surface area (Å²) in [4.78, 5) is 9.41. The van der Waals surface area contributed by atoms with Gasteiger partial charge in [-0.05, 0) is 241 Å². The van der Waals surface area contributed by atoms with Gasteiger partial charge < -0.3 is 23.5 Å². The second kappa shape index (κ2) is 39.1. The van der Waals surface area contributed by atoms with Gasteiger partial charge in [0.1, 0.15) is 0 Å². The number of benzene rings is 20. The Labute approximate surface area is 818 Å². The molecule has 0 atom stereocenters. The summed E-state index contributed by atoms with van der Waals surface area (Å²) in [6.07, 6.45) is 3.96. The zero-order chi connectivity index (χ0) is 91.4. The minimum Gasteiger partial charge on any atom is -0.340 e. The Kier molecular flexibility index (Phi) is 24.9. The fraction of sp³-hybridized carbons (Fsp3) is 0.0465. The van der Waals surface area contributed by atoms with Crippen LogP contribution in [0.25, 0.3) is 170 Å². The molecule has 0 bridgehead atoms. The third-order valence-corrected chi connectivity index (χ3v) is 27.3. The van der Waals surface area contributed by atoms with Gasteiger partial charge in [-0.15, -0.1) is 47.2 Å². The molecule has 4 heterocycles. The first-order valence-corrected chi connectivity index (χ1v) is 47.6. The largest absolute Gasteiger partial charge is 0.340 e. The summed E-state index contributed by atoms with van der Waals surface area (Å²) in [6.45, 7) is 9.07. The van der Waals surface area contributed by atoms with Crippen LogP contribution in [-0.2, 0) is 20.1 Å². The van der Waals surface area contributed by atoms with Crippen LogP contribution in [0.4, 0.5) is 34.1 Å². The number of para-hydroxylation sites is 4. The normalized spacial score (nSPS) is 11.3. The van der Waals surface area contributed by atoms with Crippen molar-refractivity contribution >= 4 is 109 Å². The Morgan fingerprint density at radius 1 is 0.263 bits per heavy atom. The van der Waals surface area contributed by atoms with E-state index in [4.69, 9.17) is 0 Å². The smallest absolute Gasteiger partial charge is 0.0602 e. The quantitative estimate of drug-likeness (QED) is 0.0757. The maximum Gasteiger partial charge on any atom is 0.0602 e. The standard InChI is InChI=1S/C66H48N2.C36H22N2S.C27H27N2.Ir/c1-6-16-49(17-7-1)53-26-37-60(38-27-53)67(61-39-28-54(29-40-61)50-18-8-2-9-19-50)62-41-30-56(31-42-62)57-34-45-64(46-35-57)68(63-43-32-55(33-44-63)51-20-10-3-11-21-51)66-47-36-59(52-22-12-4-13-23-52)48-65(66)58-24-14-5-15-25-58;1-5-13-31-25(9-1)26-10-2-6-14-32(26)37(31)23-17-19-35-29(21-23)30-22-24(18-20-36(30)39-35)38-33-15-7-3-11-27(33)28-12-4-8-16-34(28)38;1-19(2)24-17-23(21-11-7-5-8-12-21)18-25(20(3)4)26(24)29-16-15-28-27(29)22-13-9-6-10-14-22;/h1-48H;1-22H;5-13,15-20H,1-4H3;/q;;-1;. The van der Waals surface area contributed by atoms with Gasteiger partial charge >= 0.3 is 0 Å². The molecule has 659 valence electrons. The maximum absolute atomic E-state index is 4.68. The van der Waals surface area contributed by atoms with Gasteiger partial charge in [-0.2, -0.15) is 0 Å². The van der Waals surface area contributed by atoms with Gasteiger partial charge in [-0.3, -0.25) is 4.98 Å². The molecule has 8 heteroatoms. The number of anilines is 6. The van der Waals surface area contributed by atoms with Gasteiger partial charge in [0.15, 0.2) is 0 Å². The minimum atomic E-state index is 0. The third-order valence-electron chi connectivity index (χ3n) is 26.2. The van der Waals surface area contributed by atoms with Crippen molar-refractivity contribution in [1.82, 2.24) is 18.7 Å². The van der Waals surface area contributed by atoms with E-state index in [1.165, 1.54) is 148 Å². The molecule has 24 rings (SSSR count). The first kappa shape index (κ1) is 87.3. The van der Waals surface area contributed by atoms with Gasteiger partial charge in [-0.25, -0.2) is 0 Å². The van der Waals surface area contributed by atoms with Crippen molar-refractivity contribution < 1.29 is 20.1 Å². The zero-order valence-electron chi connectivity index (χ0n) is 76.5. The number of hydrogen-bond acceptors (Lipinski definition) is 4. The van der Waals surface area contributed by atoms with Crippen LogP contribution in [0.15, 0.2) is 504 Å². The number of aromatic nitrogens is 4. The number of fused-ring (bicyclic) bond motifs is 9. The number of rotatable bonds is 19. The predicted octanol–water partition coefficient (Wildman–Crippen LogP) is 36.1.